The number of para-hydroxylation sites is 1. The minimum atomic E-state index is -2.59. The lowest BCUT2D eigenvalue weighted by atomic mass is 9.99. The molecular formula is C48H57N10O6PS. The number of piperidine rings is 2. The number of aromatic nitrogens is 3. The van der Waals surface area contributed by atoms with Crippen LogP contribution in [0.25, 0.3) is 10.6 Å². The summed E-state index contributed by atoms with van der Waals surface area (Å²) in [6.45, 7) is 13.3. The fraction of sp³-hybridized carbons (Fsp3) is 0.417. The minimum Gasteiger partial charge on any atom is -0.494 e. The lowest BCUT2D eigenvalue weighted by Gasteiger charge is -2.43. The molecule has 0 aliphatic carbocycles. The van der Waals surface area contributed by atoms with E-state index in [1.807, 2.05) is 41.8 Å². The van der Waals surface area contributed by atoms with Crippen LogP contribution in [0.3, 0.4) is 0 Å². The molecule has 1 atom stereocenters. The van der Waals surface area contributed by atoms with Crippen molar-refractivity contribution in [3.05, 3.63) is 89.1 Å². The number of thiazole rings is 1. The second kappa shape index (κ2) is 19.5. The maximum absolute atomic E-state index is 13.2. The van der Waals surface area contributed by atoms with Crippen molar-refractivity contribution in [3.8, 4) is 22.1 Å². The number of imide groups is 1. The number of anilines is 5. The van der Waals surface area contributed by atoms with E-state index in [0.717, 1.165) is 97.9 Å². The third-order valence-electron chi connectivity index (χ3n) is 13.1. The van der Waals surface area contributed by atoms with E-state index < -0.39 is 19.1 Å². The number of benzene rings is 3. The summed E-state index contributed by atoms with van der Waals surface area (Å²) in [7, 11) is -0.898. The summed E-state index contributed by atoms with van der Waals surface area (Å²) in [5, 5.41) is 12.7. The number of hydrogen-bond acceptors (Lipinski definition) is 15. The van der Waals surface area contributed by atoms with Gasteiger partial charge in [-0.25, -0.2) is 9.97 Å². The fourth-order valence-corrected chi connectivity index (χ4v) is 11.4. The van der Waals surface area contributed by atoms with Crippen molar-refractivity contribution in [2.75, 3.05) is 88.4 Å². The van der Waals surface area contributed by atoms with Gasteiger partial charge in [0, 0.05) is 105 Å². The molecule has 0 radical (unpaired) electrons. The van der Waals surface area contributed by atoms with Crippen LogP contribution >= 0.6 is 18.5 Å². The third-order valence-corrected chi connectivity index (χ3v) is 15.5. The van der Waals surface area contributed by atoms with Gasteiger partial charge in [0.15, 0.2) is 0 Å². The molecule has 1 unspecified atom stereocenters. The maximum atomic E-state index is 13.2. The highest BCUT2D eigenvalue weighted by atomic mass is 32.1. The van der Waals surface area contributed by atoms with Crippen LogP contribution in [-0.4, -0.2) is 132 Å². The molecule has 0 saturated carbocycles. The molecule has 6 heterocycles. The monoisotopic (exact) mass is 932 g/mol. The predicted molar refractivity (Wildman–Crippen MR) is 259 cm³/mol. The SMILES string of the molecule is CCc1cc(Nc2ncc(-c3nccs3)c(Nc3ccccc3P(C)(C)=O)n2)c(OC)cc1N1CCC(N2CCN(CCOc3ccc4c(c3)CN(C3CCC(=O)NC3=O)C4=O)CC2)CC1. The Morgan fingerprint density at radius 1 is 0.909 bits per heavy atom. The molecule has 4 aliphatic rings. The Labute approximate surface area is 389 Å². The molecule has 5 aromatic rings. The molecule has 18 heteroatoms. The fourth-order valence-electron chi connectivity index (χ4n) is 9.56. The van der Waals surface area contributed by atoms with Gasteiger partial charge >= 0.3 is 0 Å². The number of amides is 3. The van der Waals surface area contributed by atoms with Gasteiger partial charge in [-0.05, 0) is 86.5 Å². The van der Waals surface area contributed by atoms with E-state index in [2.05, 4.69) is 54.7 Å². The van der Waals surface area contributed by atoms with E-state index in [1.54, 1.807) is 43.8 Å². The Balaban J connectivity index is 0.780. The average molecular weight is 933 g/mol. The van der Waals surface area contributed by atoms with Gasteiger partial charge in [-0.1, -0.05) is 19.1 Å². The first-order chi connectivity index (χ1) is 31.9. The molecule has 3 amide bonds. The number of fused-ring (bicyclic) bond motifs is 1. The quantitative estimate of drug-likeness (QED) is 0.0785. The Hall–Kier alpha value is -5.87. The van der Waals surface area contributed by atoms with Gasteiger partial charge in [-0.15, -0.1) is 11.3 Å². The van der Waals surface area contributed by atoms with Gasteiger partial charge in [-0.2, -0.15) is 4.98 Å². The van der Waals surface area contributed by atoms with Crippen molar-refractivity contribution in [1.29, 1.82) is 0 Å². The van der Waals surface area contributed by atoms with Crippen molar-refractivity contribution in [2.45, 2.75) is 57.7 Å². The highest BCUT2D eigenvalue weighted by molar-refractivity contribution is 7.70. The van der Waals surface area contributed by atoms with Gasteiger partial charge in [0.1, 0.15) is 42.1 Å². The standard InChI is InChI=1S/C48H57N10O6PS/c1-5-31-27-38(52-48-50-29-36(46-49-16-25-66-46)44(54-48)51-37-8-6-7-9-42(37)65(3,4)62)41(63-2)28-40(31)57-17-14-33(15-18-57)56-21-19-55(20-22-56)23-24-64-34-10-11-35-32(26-34)30-58(47(35)61)39-12-13-43(59)53-45(39)60/h6-11,16,25-29,33,39H,5,12-15,17-24,30H2,1-4H3,(H,53,59,60)(H2,50,51,52,54). The number of carbonyl (C=O) groups is 3. The van der Waals surface area contributed by atoms with E-state index in [0.29, 0.717) is 54.4 Å². The number of methoxy groups -OCH3 is 1. The molecule has 66 heavy (non-hydrogen) atoms. The molecule has 3 aromatic carbocycles. The molecule has 16 nitrogen and oxygen atoms in total. The number of hydrogen-bond donors (Lipinski definition) is 3. The largest absolute Gasteiger partial charge is 0.494 e. The first kappa shape index (κ1) is 45.3. The number of piperazine rings is 1. The number of aryl methyl sites for hydroxylation is 1. The number of nitrogens with one attached hydrogen (secondary N) is 3. The smallest absolute Gasteiger partial charge is 0.255 e. The van der Waals surface area contributed by atoms with Crippen LogP contribution in [0, 0.1) is 0 Å². The van der Waals surface area contributed by atoms with Crippen molar-refractivity contribution >= 4 is 70.3 Å². The highest BCUT2D eigenvalue weighted by Crippen LogP contribution is 2.41. The Morgan fingerprint density at radius 3 is 2.44 bits per heavy atom. The summed E-state index contributed by atoms with van der Waals surface area (Å²) in [6, 6.07) is 17.3. The van der Waals surface area contributed by atoms with Gasteiger partial charge in [-0.3, -0.25) is 29.5 Å². The molecular weight excluding hydrogens is 876 g/mol. The molecule has 2 aromatic heterocycles. The van der Waals surface area contributed by atoms with E-state index >= 15 is 0 Å². The van der Waals surface area contributed by atoms with E-state index in [1.165, 1.54) is 22.6 Å². The van der Waals surface area contributed by atoms with E-state index in [-0.39, 0.29) is 18.2 Å². The van der Waals surface area contributed by atoms with Crippen molar-refractivity contribution < 1.29 is 28.4 Å². The van der Waals surface area contributed by atoms with Crippen LogP contribution in [0.2, 0.25) is 0 Å². The van der Waals surface area contributed by atoms with Crippen LogP contribution in [0.15, 0.2) is 72.4 Å². The van der Waals surface area contributed by atoms with E-state index in [9.17, 15) is 18.9 Å². The number of carbonyl (C=O) groups excluding carboxylic acids is 3. The summed E-state index contributed by atoms with van der Waals surface area (Å²) in [5.41, 5.74) is 6.08. The molecule has 346 valence electrons. The van der Waals surface area contributed by atoms with Gasteiger partial charge in [0.2, 0.25) is 17.8 Å². The van der Waals surface area contributed by atoms with Crippen LogP contribution in [0.1, 0.15) is 54.1 Å². The van der Waals surface area contributed by atoms with Crippen LogP contribution < -0.4 is 35.6 Å². The summed E-state index contributed by atoms with van der Waals surface area (Å²) in [4.78, 5) is 60.5. The maximum Gasteiger partial charge on any atom is 0.255 e. The number of nitrogens with zero attached hydrogens (tertiary/aromatic N) is 7. The molecule has 0 bridgehead atoms. The first-order valence-corrected chi connectivity index (χ1v) is 26.2. The Kier molecular flexibility index (Phi) is 13.4. The molecule has 3 saturated heterocycles. The molecule has 3 fully saturated rings. The molecule has 9 rings (SSSR count). The number of rotatable bonds is 15. The van der Waals surface area contributed by atoms with Crippen molar-refractivity contribution in [3.63, 3.8) is 0 Å². The predicted octanol–water partition coefficient (Wildman–Crippen LogP) is 6.33. The van der Waals surface area contributed by atoms with Crippen LogP contribution in [0.4, 0.5) is 28.8 Å². The lowest BCUT2D eigenvalue weighted by Crippen LogP contribution is -2.53. The zero-order valence-electron chi connectivity index (χ0n) is 37.9. The normalized spacial score (nSPS) is 18.6. The molecule has 3 N–H and O–H groups in total. The van der Waals surface area contributed by atoms with E-state index in [4.69, 9.17) is 19.4 Å². The summed E-state index contributed by atoms with van der Waals surface area (Å²) in [5.74, 6) is 1.49. The summed E-state index contributed by atoms with van der Waals surface area (Å²) >= 11 is 1.50. The number of ether oxygens (including phenoxy) is 2. The topological polar surface area (TPSA) is 174 Å². The second-order valence-corrected chi connectivity index (χ2v) is 21.7. The molecule has 4 aliphatic heterocycles. The highest BCUT2D eigenvalue weighted by Gasteiger charge is 2.39. The van der Waals surface area contributed by atoms with Crippen molar-refractivity contribution in [1.82, 2.24) is 35.0 Å². The second-order valence-electron chi connectivity index (χ2n) is 17.6. The zero-order chi connectivity index (χ0) is 46.0. The Bertz CT molecular complexity index is 2640. The summed E-state index contributed by atoms with van der Waals surface area (Å²) in [6.07, 6.45) is 7.11. The Morgan fingerprint density at radius 2 is 1.71 bits per heavy atom. The zero-order valence-corrected chi connectivity index (χ0v) is 39.6. The summed E-state index contributed by atoms with van der Waals surface area (Å²) < 4.78 is 25.4. The third kappa shape index (κ3) is 9.80. The van der Waals surface area contributed by atoms with Crippen LogP contribution in [-0.2, 0) is 27.1 Å². The minimum absolute atomic E-state index is 0.180. The molecule has 0 spiro atoms. The lowest BCUT2D eigenvalue weighted by molar-refractivity contribution is -0.136. The van der Waals surface area contributed by atoms with Gasteiger partial charge in [0.05, 0.1) is 24.0 Å². The van der Waals surface area contributed by atoms with Gasteiger partial charge < -0.3 is 34.5 Å². The first-order valence-electron chi connectivity index (χ1n) is 22.7. The van der Waals surface area contributed by atoms with Crippen LogP contribution in [0.5, 0.6) is 11.5 Å². The average Bonchev–Trinajstić information content (AvgIpc) is 3.97. The van der Waals surface area contributed by atoms with Gasteiger partial charge in [0.25, 0.3) is 5.91 Å². The van der Waals surface area contributed by atoms with Crippen molar-refractivity contribution in [2.24, 2.45) is 0 Å².